The van der Waals surface area contributed by atoms with Gasteiger partial charge in [-0.25, -0.2) is 4.98 Å². The maximum Gasteiger partial charge on any atom is 0.137 e. The van der Waals surface area contributed by atoms with E-state index < -0.39 is 0 Å². The fraction of sp³-hybridized carbons (Fsp3) is 0.462. The molecule has 0 radical (unpaired) electrons. The fourth-order valence-corrected chi connectivity index (χ4v) is 1.69. The first-order chi connectivity index (χ1) is 7.70. The highest BCUT2D eigenvalue weighted by atomic mass is 15.0. The largest absolute Gasteiger partial charge is 0.309 e. The molecule has 3 nitrogen and oxygen atoms in total. The molecule has 1 N–H and O–H groups in total. The van der Waals surface area contributed by atoms with Crippen molar-refractivity contribution in [1.82, 2.24) is 14.7 Å². The predicted molar refractivity (Wildman–Crippen MR) is 66.5 cm³/mol. The molecule has 0 bridgehead atoms. The summed E-state index contributed by atoms with van der Waals surface area (Å²) in [5.41, 5.74) is 3.50. The molecule has 0 fully saturated rings. The number of nitrogens with zero attached hydrogens (tertiary/aromatic N) is 2. The Labute approximate surface area is 96.5 Å². The molecular weight excluding hydrogens is 198 g/mol. The topological polar surface area (TPSA) is 29.3 Å². The number of nitrogens with one attached hydrogen (secondary N) is 1. The molecule has 2 heterocycles. The molecular formula is C13H19N3. The van der Waals surface area contributed by atoms with Crippen molar-refractivity contribution in [2.45, 2.75) is 39.8 Å². The van der Waals surface area contributed by atoms with Crippen molar-refractivity contribution < 1.29 is 0 Å². The van der Waals surface area contributed by atoms with E-state index in [-0.39, 0.29) is 0 Å². The molecule has 0 amide bonds. The fourth-order valence-electron chi connectivity index (χ4n) is 1.69. The Hall–Kier alpha value is -1.35. The SMILES string of the molecule is CCC(C)NCc1cnc2cc(C)ccn12. The van der Waals surface area contributed by atoms with Crippen molar-refractivity contribution in [1.29, 1.82) is 0 Å². The maximum absolute atomic E-state index is 4.41. The number of aryl methyl sites for hydroxylation is 1. The lowest BCUT2D eigenvalue weighted by Crippen LogP contribution is -2.25. The molecule has 0 aromatic carbocycles. The maximum atomic E-state index is 4.41. The summed E-state index contributed by atoms with van der Waals surface area (Å²) in [7, 11) is 0. The summed E-state index contributed by atoms with van der Waals surface area (Å²) in [5, 5.41) is 3.48. The number of hydrogen-bond donors (Lipinski definition) is 1. The van der Waals surface area contributed by atoms with Gasteiger partial charge < -0.3 is 9.72 Å². The van der Waals surface area contributed by atoms with E-state index in [1.807, 2.05) is 6.20 Å². The van der Waals surface area contributed by atoms with E-state index in [4.69, 9.17) is 0 Å². The number of hydrogen-bond acceptors (Lipinski definition) is 2. The summed E-state index contributed by atoms with van der Waals surface area (Å²) >= 11 is 0. The van der Waals surface area contributed by atoms with Gasteiger partial charge in [0, 0.05) is 18.8 Å². The molecule has 0 spiro atoms. The van der Waals surface area contributed by atoms with Crippen molar-refractivity contribution in [3.8, 4) is 0 Å². The third-order valence-electron chi connectivity index (χ3n) is 2.99. The summed E-state index contributed by atoms with van der Waals surface area (Å²) in [5.74, 6) is 0. The van der Waals surface area contributed by atoms with E-state index in [1.165, 1.54) is 11.3 Å². The lowest BCUT2D eigenvalue weighted by atomic mass is 10.2. The van der Waals surface area contributed by atoms with Crippen LogP contribution in [0.15, 0.2) is 24.5 Å². The number of rotatable bonds is 4. The van der Waals surface area contributed by atoms with Gasteiger partial charge >= 0.3 is 0 Å². The zero-order valence-electron chi connectivity index (χ0n) is 10.2. The minimum absolute atomic E-state index is 0.552. The van der Waals surface area contributed by atoms with Crippen LogP contribution in [0, 0.1) is 6.92 Å². The summed E-state index contributed by atoms with van der Waals surface area (Å²) < 4.78 is 2.14. The minimum Gasteiger partial charge on any atom is -0.309 e. The van der Waals surface area contributed by atoms with Crippen LogP contribution < -0.4 is 5.32 Å². The third kappa shape index (κ3) is 2.25. The van der Waals surface area contributed by atoms with Gasteiger partial charge in [0.05, 0.1) is 11.9 Å². The smallest absolute Gasteiger partial charge is 0.137 e. The zero-order chi connectivity index (χ0) is 11.5. The van der Waals surface area contributed by atoms with Gasteiger partial charge in [0.2, 0.25) is 0 Å². The Balaban J connectivity index is 2.19. The van der Waals surface area contributed by atoms with Crippen LogP contribution in [0.3, 0.4) is 0 Å². The van der Waals surface area contributed by atoms with Gasteiger partial charge in [-0.1, -0.05) is 6.92 Å². The Morgan fingerprint density at radius 3 is 3.06 bits per heavy atom. The standard InChI is InChI=1S/C13H19N3/c1-4-11(3)14-8-12-9-15-13-7-10(2)5-6-16(12)13/h5-7,9,11,14H,4,8H2,1-3H3. The molecule has 0 aliphatic carbocycles. The van der Waals surface area contributed by atoms with Crippen LogP contribution in [-0.2, 0) is 6.54 Å². The quantitative estimate of drug-likeness (QED) is 0.852. The van der Waals surface area contributed by atoms with E-state index >= 15 is 0 Å². The molecule has 2 aromatic heterocycles. The minimum atomic E-state index is 0.552. The first kappa shape index (κ1) is 11.1. The average Bonchev–Trinajstić information content (AvgIpc) is 2.68. The van der Waals surface area contributed by atoms with E-state index in [0.29, 0.717) is 6.04 Å². The van der Waals surface area contributed by atoms with Gasteiger partial charge in [0.1, 0.15) is 5.65 Å². The molecule has 2 rings (SSSR count). The normalized spacial score (nSPS) is 13.2. The first-order valence-electron chi connectivity index (χ1n) is 5.86. The lowest BCUT2D eigenvalue weighted by Gasteiger charge is -2.10. The van der Waals surface area contributed by atoms with Crippen molar-refractivity contribution in [3.05, 3.63) is 35.8 Å². The van der Waals surface area contributed by atoms with E-state index in [2.05, 4.69) is 53.8 Å². The molecule has 0 aliphatic rings. The van der Waals surface area contributed by atoms with Crippen LogP contribution in [0.4, 0.5) is 0 Å². The molecule has 1 unspecified atom stereocenters. The summed E-state index contributed by atoms with van der Waals surface area (Å²) in [6, 6.07) is 4.77. The summed E-state index contributed by atoms with van der Waals surface area (Å²) in [6.45, 7) is 7.36. The molecule has 0 saturated carbocycles. The zero-order valence-corrected chi connectivity index (χ0v) is 10.2. The Bertz CT molecular complexity index is 473. The van der Waals surface area contributed by atoms with Crippen LogP contribution in [0.25, 0.3) is 5.65 Å². The number of aromatic nitrogens is 2. The van der Waals surface area contributed by atoms with Gasteiger partial charge in [-0.3, -0.25) is 0 Å². The van der Waals surface area contributed by atoms with Gasteiger partial charge in [0.25, 0.3) is 0 Å². The van der Waals surface area contributed by atoms with Gasteiger partial charge in [-0.15, -0.1) is 0 Å². The van der Waals surface area contributed by atoms with E-state index in [0.717, 1.165) is 18.6 Å². The first-order valence-corrected chi connectivity index (χ1v) is 5.86. The van der Waals surface area contributed by atoms with Crippen molar-refractivity contribution in [2.75, 3.05) is 0 Å². The van der Waals surface area contributed by atoms with Crippen molar-refractivity contribution in [3.63, 3.8) is 0 Å². The highest BCUT2D eigenvalue weighted by molar-refractivity contribution is 5.42. The lowest BCUT2D eigenvalue weighted by molar-refractivity contribution is 0.528. The van der Waals surface area contributed by atoms with Crippen molar-refractivity contribution >= 4 is 5.65 Å². The average molecular weight is 217 g/mol. The van der Waals surface area contributed by atoms with Gasteiger partial charge in [0.15, 0.2) is 0 Å². The Kier molecular flexibility index (Phi) is 3.25. The molecule has 0 saturated heterocycles. The second kappa shape index (κ2) is 4.66. The molecule has 0 aliphatic heterocycles. The summed E-state index contributed by atoms with van der Waals surface area (Å²) in [4.78, 5) is 4.41. The summed E-state index contributed by atoms with van der Waals surface area (Å²) in [6.07, 6.45) is 5.19. The number of pyridine rings is 1. The Morgan fingerprint density at radius 2 is 2.31 bits per heavy atom. The number of fused-ring (bicyclic) bond motifs is 1. The highest BCUT2D eigenvalue weighted by Gasteiger charge is 2.04. The third-order valence-corrected chi connectivity index (χ3v) is 2.99. The molecule has 86 valence electrons. The van der Waals surface area contributed by atoms with Crippen LogP contribution >= 0.6 is 0 Å². The van der Waals surface area contributed by atoms with Crippen molar-refractivity contribution in [2.24, 2.45) is 0 Å². The Morgan fingerprint density at radius 1 is 1.50 bits per heavy atom. The van der Waals surface area contributed by atoms with Gasteiger partial charge in [-0.05, 0) is 38.0 Å². The molecule has 1 atom stereocenters. The second-order valence-electron chi connectivity index (χ2n) is 4.37. The predicted octanol–water partition coefficient (Wildman–Crippen LogP) is 2.53. The molecule has 3 heteroatoms. The van der Waals surface area contributed by atoms with Crippen LogP contribution in [0.2, 0.25) is 0 Å². The molecule has 16 heavy (non-hydrogen) atoms. The van der Waals surface area contributed by atoms with Gasteiger partial charge in [-0.2, -0.15) is 0 Å². The van der Waals surface area contributed by atoms with E-state index in [1.54, 1.807) is 0 Å². The number of imidazole rings is 1. The van der Waals surface area contributed by atoms with Crippen LogP contribution in [-0.4, -0.2) is 15.4 Å². The van der Waals surface area contributed by atoms with Crippen LogP contribution in [0.1, 0.15) is 31.5 Å². The molecule has 2 aromatic rings. The van der Waals surface area contributed by atoms with E-state index in [9.17, 15) is 0 Å². The second-order valence-corrected chi connectivity index (χ2v) is 4.37. The monoisotopic (exact) mass is 217 g/mol. The van der Waals surface area contributed by atoms with Crippen LogP contribution in [0.5, 0.6) is 0 Å². The highest BCUT2D eigenvalue weighted by Crippen LogP contribution is 2.09.